The number of nitrogens with zero attached hydrogens (tertiary/aromatic N) is 1. The minimum atomic E-state index is 0.340. The Balaban J connectivity index is 2.39. The maximum atomic E-state index is 5.63. The molecule has 1 aromatic rings. The van der Waals surface area contributed by atoms with Crippen molar-refractivity contribution in [1.82, 2.24) is 5.32 Å². The van der Waals surface area contributed by atoms with Crippen molar-refractivity contribution in [2.24, 2.45) is 10.7 Å². The first-order valence-electron chi connectivity index (χ1n) is 4.27. The standard InChI is InChI=1S/C9H15N3S/c1-7(2)12-9(10)11-6-8-4-3-5-13-8/h3-5,7H,6H2,1-2H3,(H3,10,11,12). The number of aliphatic imine (C=N–C) groups is 1. The maximum absolute atomic E-state index is 5.63. The monoisotopic (exact) mass is 197 g/mol. The van der Waals surface area contributed by atoms with Crippen molar-refractivity contribution in [3.63, 3.8) is 0 Å². The molecule has 3 N–H and O–H groups in total. The quantitative estimate of drug-likeness (QED) is 0.570. The molecule has 3 nitrogen and oxygen atoms in total. The van der Waals surface area contributed by atoms with Crippen LogP contribution in [-0.2, 0) is 6.54 Å². The third-order valence-electron chi connectivity index (χ3n) is 1.42. The van der Waals surface area contributed by atoms with Crippen LogP contribution >= 0.6 is 11.3 Å². The Labute approximate surface area is 82.7 Å². The van der Waals surface area contributed by atoms with E-state index in [1.54, 1.807) is 11.3 Å². The van der Waals surface area contributed by atoms with Crippen LogP contribution in [0.15, 0.2) is 22.5 Å². The second-order valence-corrected chi connectivity index (χ2v) is 4.11. The second kappa shape index (κ2) is 4.87. The molecule has 72 valence electrons. The SMILES string of the molecule is CC(C)NC(N)=NCc1cccs1. The number of hydrogen-bond donors (Lipinski definition) is 2. The van der Waals surface area contributed by atoms with Gasteiger partial charge in [-0.2, -0.15) is 0 Å². The largest absolute Gasteiger partial charge is 0.370 e. The zero-order chi connectivity index (χ0) is 9.68. The van der Waals surface area contributed by atoms with Gasteiger partial charge in [0.2, 0.25) is 0 Å². The molecule has 1 aromatic heterocycles. The number of hydrogen-bond acceptors (Lipinski definition) is 2. The summed E-state index contributed by atoms with van der Waals surface area (Å²) in [4.78, 5) is 5.43. The van der Waals surface area contributed by atoms with Crippen molar-refractivity contribution in [3.8, 4) is 0 Å². The summed E-state index contributed by atoms with van der Waals surface area (Å²) in [6, 6.07) is 4.41. The Morgan fingerprint density at radius 3 is 3.00 bits per heavy atom. The van der Waals surface area contributed by atoms with Gasteiger partial charge >= 0.3 is 0 Å². The van der Waals surface area contributed by atoms with E-state index in [1.807, 2.05) is 25.3 Å². The predicted molar refractivity (Wildman–Crippen MR) is 57.9 cm³/mol. The molecule has 0 aliphatic carbocycles. The number of rotatable bonds is 3. The van der Waals surface area contributed by atoms with Crippen molar-refractivity contribution in [2.45, 2.75) is 26.4 Å². The first kappa shape index (κ1) is 10.1. The van der Waals surface area contributed by atoms with Gasteiger partial charge in [-0.25, -0.2) is 4.99 Å². The zero-order valence-electron chi connectivity index (χ0n) is 7.95. The molecule has 13 heavy (non-hydrogen) atoms. The van der Waals surface area contributed by atoms with Crippen LogP contribution in [0.5, 0.6) is 0 Å². The van der Waals surface area contributed by atoms with Gasteiger partial charge in [0.1, 0.15) is 0 Å². The van der Waals surface area contributed by atoms with Crippen molar-refractivity contribution in [2.75, 3.05) is 0 Å². The van der Waals surface area contributed by atoms with E-state index in [9.17, 15) is 0 Å². The predicted octanol–water partition coefficient (Wildman–Crippen LogP) is 1.56. The van der Waals surface area contributed by atoms with Gasteiger partial charge in [0, 0.05) is 10.9 Å². The van der Waals surface area contributed by atoms with Gasteiger partial charge < -0.3 is 11.1 Å². The van der Waals surface area contributed by atoms with E-state index in [0.29, 0.717) is 18.5 Å². The number of nitrogens with one attached hydrogen (secondary N) is 1. The fourth-order valence-electron chi connectivity index (χ4n) is 0.907. The maximum Gasteiger partial charge on any atom is 0.189 e. The van der Waals surface area contributed by atoms with Crippen molar-refractivity contribution in [1.29, 1.82) is 0 Å². The Bertz CT molecular complexity index is 264. The van der Waals surface area contributed by atoms with Gasteiger partial charge in [0.05, 0.1) is 6.54 Å². The molecule has 0 fully saturated rings. The molecule has 4 heteroatoms. The lowest BCUT2D eigenvalue weighted by atomic mass is 10.4. The average molecular weight is 197 g/mol. The molecule has 1 heterocycles. The summed E-state index contributed by atoms with van der Waals surface area (Å²) in [5.41, 5.74) is 5.63. The third kappa shape index (κ3) is 3.94. The van der Waals surface area contributed by atoms with E-state index in [4.69, 9.17) is 5.73 Å². The van der Waals surface area contributed by atoms with E-state index in [-0.39, 0.29) is 0 Å². The first-order chi connectivity index (χ1) is 6.18. The Kier molecular flexibility index (Phi) is 3.76. The molecule has 0 atom stereocenters. The Hall–Kier alpha value is -1.03. The summed E-state index contributed by atoms with van der Waals surface area (Å²) < 4.78 is 0. The molecule has 0 radical (unpaired) electrons. The number of nitrogens with two attached hydrogens (primary N) is 1. The first-order valence-corrected chi connectivity index (χ1v) is 5.15. The topological polar surface area (TPSA) is 50.4 Å². The minimum Gasteiger partial charge on any atom is -0.370 e. The van der Waals surface area contributed by atoms with Crippen molar-refractivity contribution >= 4 is 17.3 Å². The fraction of sp³-hybridized carbons (Fsp3) is 0.444. The van der Waals surface area contributed by atoms with E-state index in [0.717, 1.165) is 0 Å². The molecule has 1 rings (SSSR count). The molecule has 0 aromatic carbocycles. The lowest BCUT2D eigenvalue weighted by Gasteiger charge is -2.07. The molecule has 0 aliphatic heterocycles. The number of guanidine groups is 1. The lowest BCUT2D eigenvalue weighted by Crippen LogP contribution is -2.36. The molecule has 0 bridgehead atoms. The van der Waals surface area contributed by atoms with Crippen LogP contribution in [0, 0.1) is 0 Å². The molecule has 0 saturated heterocycles. The average Bonchev–Trinajstić information content (AvgIpc) is 2.51. The van der Waals surface area contributed by atoms with Crippen LogP contribution in [-0.4, -0.2) is 12.0 Å². The van der Waals surface area contributed by atoms with Crippen molar-refractivity contribution in [3.05, 3.63) is 22.4 Å². The molecular formula is C9H15N3S. The Morgan fingerprint density at radius 1 is 1.69 bits per heavy atom. The molecule has 0 unspecified atom stereocenters. The summed E-state index contributed by atoms with van der Waals surface area (Å²) in [7, 11) is 0. The highest BCUT2D eigenvalue weighted by Gasteiger charge is 1.95. The van der Waals surface area contributed by atoms with Crippen LogP contribution in [0.2, 0.25) is 0 Å². The fourth-order valence-corrected chi connectivity index (χ4v) is 1.54. The second-order valence-electron chi connectivity index (χ2n) is 3.08. The van der Waals surface area contributed by atoms with Gasteiger partial charge in [-0.15, -0.1) is 11.3 Å². The van der Waals surface area contributed by atoms with E-state index in [1.165, 1.54) is 4.88 Å². The molecule has 0 saturated carbocycles. The van der Waals surface area contributed by atoms with Crippen LogP contribution in [0.4, 0.5) is 0 Å². The summed E-state index contributed by atoms with van der Waals surface area (Å²) in [6.07, 6.45) is 0. The molecule has 0 spiro atoms. The molecule has 0 amide bonds. The zero-order valence-corrected chi connectivity index (χ0v) is 8.77. The van der Waals surface area contributed by atoms with Gasteiger partial charge in [0.25, 0.3) is 0 Å². The highest BCUT2D eigenvalue weighted by atomic mass is 32.1. The van der Waals surface area contributed by atoms with Crippen LogP contribution in [0.3, 0.4) is 0 Å². The summed E-state index contributed by atoms with van der Waals surface area (Å²) >= 11 is 1.69. The van der Waals surface area contributed by atoms with E-state index in [2.05, 4.69) is 16.4 Å². The van der Waals surface area contributed by atoms with E-state index < -0.39 is 0 Å². The third-order valence-corrected chi connectivity index (χ3v) is 2.28. The smallest absolute Gasteiger partial charge is 0.189 e. The van der Waals surface area contributed by atoms with Crippen LogP contribution in [0.25, 0.3) is 0 Å². The molecule has 0 aliphatic rings. The minimum absolute atomic E-state index is 0.340. The lowest BCUT2D eigenvalue weighted by molar-refractivity contribution is 0.724. The van der Waals surface area contributed by atoms with E-state index >= 15 is 0 Å². The van der Waals surface area contributed by atoms with Crippen LogP contribution < -0.4 is 11.1 Å². The van der Waals surface area contributed by atoms with Gasteiger partial charge in [-0.1, -0.05) is 6.07 Å². The molecular weight excluding hydrogens is 182 g/mol. The normalized spacial score (nSPS) is 12.1. The summed E-state index contributed by atoms with van der Waals surface area (Å²) in [5.74, 6) is 0.517. The van der Waals surface area contributed by atoms with Gasteiger partial charge in [0.15, 0.2) is 5.96 Å². The number of thiophene rings is 1. The Morgan fingerprint density at radius 2 is 2.46 bits per heavy atom. The highest BCUT2D eigenvalue weighted by Crippen LogP contribution is 2.08. The highest BCUT2D eigenvalue weighted by molar-refractivity contribution is 7.09. The van der Waals surface area contributed by atoms with Gasteiger partial charge in [-0.3, -0.25) is 0 Å². The van der Waals surface area contributed by atoms with Crippen LogP contribution in [0.1, 0.15) is 18.7 Å². The summed E-state index contributed by atoms with van der Waals surface area (Å²) in [6.45, 7) is 4.74. The summed E-state index contributed by atoms with van der Waals surface area (Å²) in [5, 5.41) is 5.08. The van der Waals surface area contributed by atoms with Crippen molar-refractivity contribution < 1.29 is 0 Å². The van der Waals surface area contributed by atoms with Gasteiger partial charge in [-0.05, 0) is 25.3 Å².